The molecule has 3 N–H and O–H groups in total. The summed E-state index contributed by atoms with van der Waals surface area (Å²) in [5, 5.41) is 8.94. The molecule has 2 amide bonds. The number of hydrogen-bond acceptors (Lipinski definition) is 3. The van der Waals surface area contributed by atoms with Crippen LogP contribution in [0, 0.1) is 13.8 Å². The van der Waals surface area contributed by atoms with Crippen LogP contribution in [0.25, 0.3) is 0 Å². The molecule has 5 nitrogen and oxygen atoms in total. The third-order valence-electron chi connectivity index (χ3n) is 4.93. The van der Waals surface area contributed by atoms with Crippen molar-refractivity contribution in [2.45, 2.75) is 38.8 Å². The molecule has 1 aliphatic heterocycles. The monoisotopic (exact) mass is 365 g/mol. The molecule has 5 heteroatoms. The quantitative estimate of drug-likeness (QED) is 0.736. The van der Waals surface area contributed by atoms with Crippen LogP contribution in [0.3, 0.4) is 0 Å². The number of benzene rings is 2. The number of carbonyl (C=O) groups excluding carboxylic acids is 2. The second kappa shape index (κ2) is 8.82. The van der Waals surface area contributed by atoms with E-state index in [9.17, 15) is 9.59 Å². The maximum atomic E-state index is 12.5. The molecule has 1 saturated heterocycles. The van der Waals surface area contributed by atoms with E-state index in [4.69, 9.17) is 0 Å². The molecule has 1 atom stereocenters. The minimum atomic E-state index is -0.250. The second-order valence-electron chi connectivity index (χ2n) is 7.19. The van der Waals surface area contributed by atoms with E-state index < -0.39 is 0 Å². The van der Waals surface area contributed by atoms with Gasteiger partial charge >= 0.3 is 0 Å². The van der Waals surface area contributed by atoms with E-state index in [2.05, 4.69) is 16.0 Å². The summed E-state index contributed by atoms with van der Waals surface area (Å²) in [6.07, 6.45) is 1.82. The molecular weight excluding hydrogens is 338 g/mol. The minimum absolute atomic E-state index is 0.0226. The van der Waals surface area contributed by atoms with E-state index in [1.165, 1.54) is 11.1 Å². The molecule has 142 valence electrons. The van der Waals surface area contributed by atoms with Crippen LogP contribution in [0.1, 0.15) is 41.1 Å². The Morgan fingerprint density at radius 1 is 1.00 bits per heavy atom. The third-order valence-corrected chi connectivity index (χ3v) is 4.93. The Labute approximate surface area is 160 Å². The molecular formula is C22H27N3O2. The van der Waals surface area contributed by atoms with Gasteiger partial charge in [-0.25, -0.2) is 0 Å². The highest BCUT2D eigenvalue weighted by molar-refractivity contribution is 5.87. The van der Waals surface area contributed by atoms with Gasteiger partial charge in [-0.15, -0.1) is 0 Å². The van der Waals surface area contributed by atoms with Gasteiger partial charge in [-0.3, -0.25) is 9.59 Å². The molecule has 1 heterocycles. The number of hydrogen-bond donors (Lipinski definition) is 3. The largest absolute Gasteiger partial charge is 0.346 e. The number of rotatable bonds is 6. The SMILES string of the molecule is Cc1ccc(C(NC(=O)CNC(=O)[C@@H]2CCCN2)c2ccc(C)cc2)cc1. The lowest BCUT2D eigenvalue weighted by Crippen LogP contribution is -2.45. The molecule has 27 heavy (non-hydrogen) atoms. The Morgan fingerprint density at radius 2 is 1.56 bits per heavy atom. The summed E-state index contributed by atoms with van der Waals surface area (Å²) in [6, 6.07) is 15.8. The van der Waals surface area contributed by atoms with E-state index in [1.54, 1.807) is 0 Å². The van der Waals surface area contributed by atoms with Crippen LogP contribution >= 0.6 is 0 Å². The first kappa shape index (κ1) is 19.1. The summed E-state index contributed by atoms with van der Waals surface area (Å²) in [4.78, 5) is 24.6. The van der Waals surface area contributed by atoms with Gasteiger partial charge < -0.3 is 16.0 Å². The zero-order valence-electron chi connectivity index (χ0n) is 15.9. The van der Waals surface area contributed by atoms with Crippen LogP contribution in [0.15, 0.2) is 48.5 Å². The van der Waals surface area contributed by atoms with Crippen molar-refractivity contribution >= 4 is 11.8 Å². The normalized spacial score (nSPS) is 16.3. The van der Waals surface area contributed by atoms with Crippen LogP contribution in [-0.2, 0) is 9.59 Å². The average Bonchev–Trinajstić information content (AvgIpc) is 3.21. The molecule has 2 aromatic rings. The summed E-state index contributed by atoms with van der Waals surface area (Å²) in [5.74, 6) is -0.308. The molecule has 0 spiro atoms. The predicted molar refractivity (Wildman–Crippen MR) is 106 cm³/mol. The van der Waals surface area contributed by atoms with Gasteiger partial charge in [-0.1, -0.05) is 59.7 Å². The Morgan fingerprint density at radius 3 is 2.04 bits per heavy atom. The zero-order chi connectivity index (χ0) is 19.2. The maximum absolute atomic E-state index is 12.5. The molecule has 3 rings (SSSR count). The highest BCUT2D eigenvalue weighted by Crippen LogP contribution is 2.23. The Kier molecular flexibility index (Phi) is 6.24. The lowest BCUT2D eigenvalue weighted by atomic mass is 9.97. The van der Waals surface area contributed by atoms with Crippen LogP contribution in [0.4, 0.5) is 0 Å². The highest BCUT2D eigenvalue weighted by Gasteiger charge is 2.23. The topological polar surface area (TPSA) is 70.2 Å². The van der Waals surface area contributed by atoms with Crippen molar-refractivity contribution in [1.29, 1.82) is 0 Å². The van der Waals surface area contributed by atoms with Crippen molar-refractivity contribution in [3.63, 3.8) is 0 Å². The maximum Gasteiger partial charge on any atom is 0.240 e. The summed E-state index contributed by atoms with van der Waals surface area (Å²) in [5.41, 5.74) is 4.37. The first-order chi connectivity index (χ1) is 13.0. The number of nitrogens with one attached hydrogen (secondary N) is 3. The van der Waals surface area contributed by atoms with E-state index in [0.29, 0.717) is 0 Å². The summed E-state index contributed by atoms with van der Waals surface area (Å²) in [6.45, 7) is 4.91. The van der Waals surface area contributed by atoms with Gasteiger partial charge in [0.05, 0.1) is 18.6 Å². The number of carbonyl (C=O) groups is 2. The van der Waals surface area contributed by atoms with Crippen molar-refractivity contribution in [2.75, 3.05) is 13.1 Å². The Balaban J connectivity index is 1.68. The fraction of sp³-hybridized carbons (Fsp3) is 0.364. The first-order valence-electron chi connectivity index (χ1n) is 9.46. The fourth-order valence-electron chi connectivity index (χ4n) is 3.29. The van der Waals surface area contributed by atoms with Gasteiger partial charge in [-0.05, 0) is 44.4 Å². The van der Waals surface area contributed by atoms with Crippen LogP contribution in [0.2, 0.25) is 0 Å². The van der Waals surface area contributed by atoms with E-state index in [0.717, 1.165) is 30.5 Å². The second-order valence-corrected chi connectivity index (χ2v) is 7.19. The summed E-state index contributed by atoms with van der Waals surface area (Å²) < 4.78 is 0. The predicted octanol–water partition coefficient (Wildman–Crippen LogP) is 2.38. The molecule has 0 radical (unpaired) electrons. The van der Waals surface area contributed by atoms with Crippen LogP contribution in [0.5, 0.6) is 0 Å². The fourth-order valence-corrected chi connectivity index (χ4v) is 3.29. The average molecular weight is 365 g/mol. The lowest BCUT2D eigenvalue weighted by molar-refractivity contribution is -0.127. The molecule has 1 aliphatic rings. The van der Waals surface area contributed by atoms with Crippen molar-refractivity contribution in [3.05, 3.63) is 70.8 Å². The number of aryl methyl sites for hydroxylation is 2. The Bertz CT molecular complexity index is 733. The standard InChI is InChI=1S/C22H27N3O2/c1-15-5-9-17(10-6-15)21(18-11-7-16(2)8-12-18)25-20(26)14-24-22(27)19-4-3-13-23-19/h5-12,19,21,23H,3-4,13-14H2,1-2H3,(H,24,27)(H,25,26)/t19-/m0/s1. The molecule has 2 aromatic carbocycles. The van der Waals surface area contributed by atoms with Gasteiger partial charge in [0.25, 0.3) is 0 Å². The van der Waals surface area contributed by atoms with Crippen molar-refractivity contribution in [2.24, 2.45) is 0 Å². The molecule has 0 aromatic heterocycles. The van der Waals surface area contributed by atoms with Crippen LogP contribution < -0.4 is 16.0 Å². The highest BCUT2D eigenvalue weighted by atomic mass is 16.2. The van der Waals surface area contributed by atoms with Gasteiger partial charge in [0.2, 0.25) is 11.8 Å². The van der Waals surface area contributed by atoms with Gasteiger partial charge in [0.1, 0.15) is 0 Å². The Hall–Kier alpha value is -2.66. The first-order valence-corrected chi connectivity index (χ1v) is 9.46. The summed E-state index contributed by atoms with van der Waals surface area (Å²) in [7, 11) is 0. The smallest absolute Gasteiger partial charge is 0.240 e. The zero-order valence-corrected chi connectivity index (χ0v) is 15.9. The molecule has 0 aliphatic carbocycles. The van der Waals surface area contributed by atoms with Crippen molar-refractivity contribution < 1.29 is 9.59 Å². The molecule has 0 unspecified atom stereocenters. The van der Waals surface area contributed by atoms with Gasteiger partial charge in [0.15, 0.2) is 0 Å². The number of amides is 2. The van der Waals surface area contributed by atoms with Gasteiger partial charge in [0, 0.05) is 0 Å². The molecule has 0 saturated carbocycles. The van der Waals surface area contributed by atoms with Crippen LogP contribution in [-0.4, -0.2) is 30.9 Å². The van der Waals surface area contributed by atoms with Gasteiger partial charge in [-0.2, -0.15) is 0 Å². The minimum Gasteiger partial charge on any atom is -0.346 e. The van der Waals surface area contributed by atoms with E-state index in [-0.39, 0.29) is 30.4 Å². The van der Waals surface area contributed by atoms with E-state index in [1.807, 2.05) is 62.4 Å². The van der Waals surface area contributed by atoms with Crippen molar-refractivity contribution in [1.82, 2.24) is 16.0 Å². The molecule has 1 fully saturated rings. The third kappa shape index (κ3) is 5.17. The lowest BCUT2D eigenvalue weighted by Gasteiger charge is -2.21. The van der Waals surface area contributed by atoms with E-state index >= 15 is 0 Å². The van der Waals surface area contributed by atoms with Crippen molar-refractivity contribution in [3.8, 4) is 0 Å². The molecule has 0 bridgehead atoms. The summed E-state index contributed by atoms with van der Waals surface area (Å²) >= 11 is 0.